The van der Waals surface area contributed by atoms with Crippen molar-refractivity contribution in [1.29, 1.82) is 0 Å². The zero-order valence-corrected chi connectivity index (χ0v) is 15.2. The van der Waals surface area contributed by atoms with Crippen molar-refractivity contribution in [1.82, 2.24) is 0 Å². The zero-order valence-electron chi connectivity index (χ0n) is 14.4. The van der Waals surface area contributed by atoms with Crippen molar-refractivity contribution in [2.45, 2.75) is 82.8 Å². The van der Waals surface area contributed by atoms with Gasteiger partial charge in [-0.15, -0.1) is 0 Å². The fourth-order valence-corrected chi connectivity index (χ4v) is 2.91. The van der Waals surface area contributed by atoms with Crippen LogP contribution in [0, 0.1) is 0 Å². The van der Waals surface area contributed by atoms with E-state index >= 15 is 0 Å². The highest BCUT2D eigenvalue weighted by molar-refractivity contribution is 7.87. The lowest BCUT2D eigenvalue weighted by Gasteiger charge is -2.09. The lowest BCUT2D eigenvalue weighted by molar-refractivity contribution is -0.147. The summed E-state index contributed by atoms with van der Waals surface area (Å²) >= 11 is 0. The molecule has 0 aromatic rings. The summed E-state index contributed by atoms with van der Waals surface area (Å²) in [7, 11) is -4.81. The van der Waals surface area contributed by atoms with Crippen molar-refractivity contribution < 1.29 is 32.4 Å². The molecule has 0 heterocycles. The van der Waals surface area contributed by atoms with Crippen LogP contribution in [0.4, 0.5) is 0 Å². The summed E-state index contributed by atoms with van der Waals surface area (Å²) in [6.45, 7) is 2.32. The van der Waals surface area contributed by atoms with Gasteiger partial charge < -0.3 is 9.84 Å². The first-order valence-electron chi connectivity index (χ1n) is 8.63. The van der Waals surface area contributed by atoms with E-state index in [2.05, 4.69) is 6.92 Å². The Hall–Kier alpha value is -1.15. The highest BCUT2D eigenvalue weighted by atomic mass is 32.2. The average Bonchev–Trinajstić information content (AvgIpc) is 2.48. The van der Waals surface area contributed by atoms with Crippen molar-refractivity contribution in [3.63, 3.8) is 0 Å². The van der Waals surface area contributed by atoms with Gasteiger partial charge in [0.2, 0.25) is 0 Å². The summed E-state index contributed by atoms with van der Waals surface area (Å²) in [6.07, 6.45) is 10.5. The molecule has 0 spiro atoms. The maximum atomic E-state index is 11.4. The Labute approximate surface area is 144 Å². The molecule has 0 amide bonds. The van der Waals surface area contributed by atoms with Crippen LogP contribution >= 0.6 is 0 Å². The van der Waals surface area contributed by atoms with Crippen LogP contribution in [0.2, 0.25) is 0 Å². The van der Waals surface area contributed by atoms with Gasteiger partial charge in [-0.25, -0.2) is 0 Å². The third-order valence-electron chi connectivity index (χ3n) is 3.75. The van der Waals surface area contributed by atoms with Gasteiger partial charge in [0.15, 0.2) is 5.25 Å². The van der Waals surface area contributed by atoms with Crippen LogP contribution < -0.4 is 0 Å². The molecular formula is C16H30O7S. The summed E-state index contributed by atoms with van der Waals surface area (Å²) in [4.78, 5) is 22.1. The predicted molar refractivity (Wildman–Crippen MR) is 90.4 cm³/mol. The number of ether oxygens (including phenoxy) is 1. The molecule has 1 unspecified atom stereocenters. The van der Waals surface area contributed by atoms with Crippen LogP contribution in [0.3, 0.4) is 0 Å². The third-order valence-corrected chi connectivity index (χ3v) is 4.84. The third kappa shape index (κ3) is 12.3. The topological polar surface area (TPSA) is 118 Å². The molecule has 0 aromatic heterocycles. The van der Waals surface area contributed by atoms with E-state index < -0.39 is 33.7 Å². The number of carboxylic acids is 1. The minimum atomic E-state index is -4.81. The molecule has 0 bridgehead atoms. The Kier molecular flexibility index (Phi) is 12.5. The van der Waals surface area contributed by atoms with Crippen LogP contribution in [-0.4, -0.2) is 41.9 Å². The maximum absolute atomic E-state index is 11.4. The molecule has 0 radical (unpaired) electrons. The van der Waals surface area contributed by atoms with Crippen molar-refractivity contribution in [3.05, 3.63) is 0 Å². The van der Waals surface area contributed by atoms with E-state index in [-0.39, 0.29) is 6.61 Å². The molecule has 7 nitrogen and oxygen atoms in total. The standard InChI is InChI=1S/C16H30O7S/c1-2-3-4-5-6-7-8-9-10-11-12-23-15(17)13-14(16(18)19)24(20,21)22/h14H,2-13H2,1H3,(H,18,19)(H,20,21,22). The Morgan fingerprint density at radius 3 is 1.79 bits per heavy atom. The SMILES string of the molecule is CCCCCCCCCCCCOC(=O)CC(C(=O)O)S(=O)(=O)O. The Balaban J connectivity index is 3.64. The van der Waals surface area contributed by atoms with Gasteiger partial charge in [0.1, 0.15) is 0 Å². The minimum Gasteiger partial charge on any atom is -0.480 e. The lowest BCUT2D eigenvalue weighted by atomic mass is 10.1. The van der Waals surface area contributed by atoms with E-state index in [9.17, 15) is 18.0 Å². The largest absolute Gasteiger partial charge is 0.480 e. The number of hydrogen-bond acceptors (Lipinski definition) is 5. The van der Waals surface area contributed by atoms with E-state index in [0.717, 1.165) is 19.3 Å². The molecule has 0 saturated heterocycles. The minimum absolute atomic E-state index is 0.132. The molecular weight excluding hydrogens is 336 g/mol. The van der Waals surface area contributed by atoms with Gasteiger partial charge in [0.25, 0.3) is 10.1 Å². The van der Waals surface area contributed by atoms with Gasteiger partial charge in [-0.2, -0.15) is 8.42 Å². The van der Waals surface area contributed by atoms with E-state index in [1.807, 2.05) is 0 Å². The van der Waals surface area contributed by atoms with Crippen LogP contribution in [0.5, 0.6) is 0 Å². The normalized spacial score (nSPS) is 12.8. The average molecular weight is 366 g/mol. The smallest absolute Gasteiger partial charge is 0.325 e. The molecule has 0 rings (SSSR count). The fraction of sp³-hybridized carbons (Fsp3) is 0.875. The second kappa shape index (κ2) is 13.2. The molecule has 2 N–H and O–H groups in total. The molecule has 0 aliphatic rings. The first-order chi connectivity index (χ1) is 11.3. The van der Waals surface area contributed by atoms with Crippen LogP contribution in [0.25, 0.3) is 0 Å². The second-order valence-electron chi connectivity index (χ2n) is 5.95. The summed E-state index contributed by atoms with van der Waals surface area (Å²) in [6, 6.07) is 0. The molecule has 1 atom stereocenters. The van der Waals surface area contributed by atoms with Gasteiger partial charge in [-0.3, -0.25) is 14.1 Å². The van der Waals surface area contributed by atoms with Crippen LogP contribution in [0.15, 0.2) is 0 Å². The summed E-state index contributed by atoms with van der Waals surface area (Å²) in [5.74, 6) is -2.70. The Morgan fingerprint density at radius 2 is 1.38 bits per heavy atom. The van der Waals surface area contributed by atoms with Crippen LogP contribution in [-0.2, 0) is 24.4 Å². The number of unbranched alkanes of at least 4 members (excludes halogenated alkanes) is 9. The van der Waals surface area contributed by atoms with Gasteiger partial charge in [-0.05, 0) is 6.42 Å². The van der Waals surface area contributed by atoms with Crippen LogP contribution in [0.1, 0.15) is 77.6 Å². The number of carbonyl (C=O) groups excluding carboxylic acids is 1. The Morgan fingerprint density at radius 1 is 0.917 bits per heavy atom. The highest BCUT2D eigenvalue weighted by Gasteiger charge is 2.33. The first-order valence-corrected chi connectivity index (χ1v) is 10.1. The fourth-order valence-electron chi connectivity index (χ4n) is 2.31. The molecule has 0 aliphatic carbocycles. The number of carbonyl (C=O) groups is 2. The quantitative estimate of drug-likeness (QED) is 0.259. The van der Waals surface area contributed by atoms with Gasteiger partial charge in [0.05, 0.1) is 13.0 Å². The van der Waals surface area contributed by atoms with Gasteiger partial charge in [0, 0.05) is 0 Å². The molecule has 142 valence electrons. The maximum Gasteiger partial charge on any atom is 0.325 e. The van der Waals surface area contributed by atoms with Gasteiger partial charge in [-0.1, -0.05) is 64.7 Å². The van der Waals surface area contributed by atoms with E-state index in [4.69, 9.17) is 14.4 Å². The van der Waals surface area contributed by atoms with E-state index in [0.29, 0.717) is 6.42 Å². The highest BCUT2D eigenvalue weighted by Crippen LogP contribution is 2.11. The summed E-state index contributed by atoms with van der Waals surface area (Å²) in [5, 5.41) is 6.50. The second-order valence-corrected chi connectivity index (χ2v) is 7.55. The molecule has 24 heavy (non-hydrogen) atoms. The van der Waals surface area contributed by atoms with E-state index in [1.54, 1.807) is 0 Å². The lowest BCUT2D eigenvalue weighted by Crippen LogP contribution is -2.32. The van der Waals surface area contributed by atoms with Crippen molar-refractivity contribution in [3.8, 4) is 0 Å². The number of rotatable bonds is 15. The van der Waals surface area contributed by atoms with Crippen molar-refractivity contribution >= 4 is 22.1 Å². The predicted octanol–water partition coefficient (Wildman–Crippen LogP) is 3.18. The number of aliphatic carboxylic acids is 1. The zero-order chi connectivity index (χ0) is 18.4. The summed E-state index contributed by atoms with van der Waals surface area (Å²) in [5.41, 5.74) is 0. The number of esters is 1. The van der Waals surface area contributed by atoms with Crippen molar-refractivity contribution in [2.24, 2.45) is 0 Å². The Bertz CT molecular complexity index is 459. The molecule has 0 aromatic carbocycles. The van der Waals surface area contributed by atoms with Crippen molar-refractivity contribution in [2.75, 3.05) is 6.61 Å². The molecule has 0 aliphatic heterocycles. The molecule has 8 heteroatoms. The van der Waals surface area contributed by atoms with E-state index in [1.165, 1.54) is 38.5 Å². The molecule has 0 fully saturated rings. The first kappa shape index (κ1) is 22.9. The monoisotopic (exact) mass is 366 g/mol. The number of hydrogen-bond donors (Lipinski definition) is 2. The van der Waals surface area contributed by atoms with Gasteiger partial charge >= 0.3 is 11.9 Å². The molecule has 0 saturated carbocycles. The number of carboxylic acid groups (broad SMARTS) is 1. The summed E-state index contributed by atoms with van der Waals surface area (Å²) < 4.78 is 35.2.